The van der Waals surface area contributed by atoms with Crippen molar-refractivity contribution in [2.75, 3.05) is 11.5 Å². The van der Waals surface area contributed by atoms with Crippen molar-refractivity contribution in [2.24, 2.45) is 0 Å². The number of rotatable bonds is 4. The van der Waals surface area contributed by atoms with Gasteiger partial charge in [0.2, 0.25) is 5.76 Å². The van der Waals surface area contributed by atoms with Crippen LogP contribution in [0.2, 0.25) is 5.02 Å². The standard InChI is InChI=1S/C16H16ClNO6S/c1-9(15(19)18-12-4-5-25(21,22)8-12)23-16(20)14-7-10-6-11(17)2-3-13(10)24-14/h2-3,6-7,9,12H,4-5,8H2,1H3,(H,18,19)/t9-,12-/m0/s1. The van der Waals surface area contributed by atoms with Crippen LogP contribution in [0.4, 0.5) is 0 Å². The number of benzene rings is 1. The monoisotopic (exact) mass is 385 g/mol. The van der Waals surface area contributed by atoms with Crippen LogP contribution in [-0.2, 0) is 19.4 Å². The van der Waals surface area contributed by atoms with Crippen LogP contribution in [-0.4, -0.2) is 43.9 Å². The van der Waals surface area contributed by atoms with Crippen LogP contribution in [0.25, 0.3) is 11.0 Å². The van der Waals surface area contributed by atoms with Gasteiger partial charge in [-0.15, -0.1) is 0 Å². The lowest BCUT2D eigenvalue weighted by molar-refractivity contribution is -0.129. The quantitative estimate of drug-likeness (QED) is 0.807. The number of furan rings is 1. The average Bonchev–Trinajstić information content (AvgIpc) is 3.09. The number of fused-ring (bicyclic) bond motifs is 1. The second kappa shape index (κ2) is 6.68. The fourth-order valence-electron chi connectivity index (χ4n) is 2.61. The Morgan fingerprint density at radius 2 is 2.12 bits per heavy atom. The Bertz CT molecular complexity index is 935. The predicted molar refractivity (Wildman–Crippen MR) is 91.3 cm³/mol. The minimum atomic E-state index is -3.10. The smallest absolute Gasteiger partial charge is 0.375 e. The zero-order chi connectivity index (χ0) is 18.2. The molecule has 1 aliphatic rings. The SMILES string of the molecule is C[C@H](OC(=O)c1cc2cc(Cl)ccc2o1)C(=O)N[C@H]1CCS(=O)(=O)C1. The van der Waals surface area contributed by atoms with Crippen molar-refractivity contribution in [1.29, 1.82) is 0 Å². The van der Waals surface area contributed by atoms with Crippen molar-refractivity contribution >= 4 is 44.3 Å². The van der Waals surface area contributed by atoms with Gasteiger partial charge in [0.05, 0.1) is 11.5 Å². The van der Waals surface area contributed by atoms with Gasteiger partial charge in [0.1, 0.15) is 5.58 Å². The first-order valence-corrected chi connectivity index (χ1v) is 9.84. The van der Waals surface area contributed by atoms with E-state index in [0.29, 0.717) is 22.4 Å². The number of halogens is 1. The number of hydrogen-bond donors (Lipinski definition) is 1. The molecule has 0 saturated carbocycles. The largest absolute Gasteiger partial charge is 0.449 e. The molecule has 9 heteroatoms. The van der Waals surface area contributed by atoms with Crippen LogP contribution in [0.1, 0.15) is 23.9 Å². The first-order valence-electron chi connectivity index (χ1n) is 7.64. The van der Waals surface area contributed by atoms with Crippen molar-refractivity contribution in [3.63, 3.8) is 0 Å². The third-order valence-corrected chi connectivity index (χ3v) is 5.91. The van der Waals surface area contributed by atoms with Gasteiger partial charge in [-0.3, -0.25) is 4.79 Å². The van der Waals surface area contributed by atoms with E-state index in [1.807, 2.05) is 0 Å². The first-order chi connectivity index (χ1) is 11.7. The molecule has 2 atom stereocenters. The molecular formula is C16H16ClNO6S. The maximum atomic E-state index is 12.1. The zero-order valence-corrected chi connectivity index (χ0v) is 14.9. The number of nitrogens with one attached hydrogen (secondary N) is 1. The van der Waals surface area contributed by atoms with Crippen molar-refractivity contribution in [3.05, 3.63) is 35.0 Å². The van der Waals surface area contributed by atoms with Crippen molar-refractivity contribution in [2.45, 2.75) is 25.5 Å². The maximum absolute atomic E-state index is 12.1. The molecule has 2 heterocycles. The average molecular weight is 386 g/mol. The minimum Gasteiger partial charge on any atom is -0.449 e. The minimum absolute atomic E-state index is 0.0413. The van der Waals surface area contributed by atoms with E-state index >= 15 is 0 Å². The van der Waals surface area contributed by atoms with E-state index in [-0.39, 0.29) is 17.3 Å². The summed E-state index contributed by atoms with van der Waals surface area (Å²) >= 11 is 5.88. The Hall–Kier alpha value is -2.06. The molecule has 25 heavy (non-hydrogen) atoms. The third kappa shape index (κ3) is 4.13. The number of esters is 1. The summed E-state index contributed by atoms with van der Waals surface area (Å²) in [5.41, 5.74) is 0.476. The van der Waals surface area contributed by atoms with Gasteiger partial charge in [-0.2, -0.15) is 0 Å². The van der Waals surface area contributed by atoms with E-state index in [1.165, 1.54) is 13.0 Å². The molecule has 1 aromatic heterocycles. The van der Waals surface area contributed by atoms with Gasteiger partial charge in [0.15, 0.2) is 15.9 Å². The summed E-state index contributed by atoms with van der Waals surface area (Å²) in [7, 11) is -3.10. The number of ether oxygens (including phenoxy) is 1. The Balaban J connectivity index is 1.62. The molecule has 1 aromatic carbocycles. The molecule has 1 aliphatic heterocycles. The molecular weight excluding hydrogens is 370 g/mol. The van der Waals surface area contributed by atoms with E-state index in [9.17, 15) is 18.0 Å². The summed E-state index contributed by atoms with van der Waals surface area (Å²) < 4.78 is 33.3. The van der Waals surface area contributed by atoms with Gasteiger partial charge < -0.3 is 14.5 Å². The number of carbonyl (C=O) groups excluding carboxylic acids is 2. The molecule has 0 radical (unpaired) electrons. The Kier molecular flexibility index (Phi) is 4.75. The highest BCUT2D eigenvalue weighted by molar-refractivity contribution is 7.91. The summed E-state index contributed by atoms with van der Waals surface area (Å²) in [6.07, 6.45) is -0.716. The molecule has 0 unspecified atom stereocenters. The number of hydrogen-bond acceptors (Lipinski definition) is 6. The Morgan fingerprint density at radius 3 is 2.80 bits per heavy atom. The molecule has 1 fully saturated rings. The lowest BCUT2D eigenvalue weighted by atomic mass is 10.2. The van der Waals surface area contributed by atoms with Crippen molar-refractivity contribution in [1.82, 2.24) is 5.32 Å². The van der Waals surface area contributed by atoms with E-state index in [0.717, 1.165) is 0 Å². The van der Waals surface area contributed by atoms with Crippen molar-refractivity contribution in [3.8, 4) is 0 Å². The molecule has 1 N–H and O–H groups in total. The van der Waals surface area contributed by atoms with Crippen LogP contribution in [0.5, 0.6) is 0 Å². The summed E-state index contributed by atoms with van der Waals surface area (Å²) in [6, 6.07) is 5.94. The van der Waals surface area contributed by atoms with Gasteiger partial charge in [0.25, 0.3) is 5.91 Å². The van der Waals surface area contributed by atoms with E-state index in [4.69, 9.17) is 20.8 Å². The fraction of sp³-hybridized carbons (Fsp3) is 0.375. The molecule has 2 aromatic rings. The van der Waals surface area contributed by atoms with E-state index < -0.39 is 33.9 Å². The highest BCUT2D eigenvalue weighted by atomic mass is 35.5. The highest BCUT2D eigenvalue weighted by Gasteiger charge is 2.31. The molecule has 3 rings (SSSR count). The van der Waals surface area contributed by atoms with Crippen LogP contribution in [0.15, 0.2) is 28.7 Å². The first kappa shape index (κ1) is 17.8. The number of sulfone groups is 1. The Morgan fingerprint density at radius 1 is 1.36 bits per heavy atom. The Labute approximate surface area is 149 Å². The summed E-state index contributed by atoms with van der Waals surface area (Å²) in [5, 5.41) is 3.73. The van der Waals surface area contributed by atoms with Gasteiger partial charge in [-0.25, -0.2) is 13.2 Å². The lowest BCUT2D eigenvalue weighted by Gasteiger charge is -2.15. The fourth-order valence-corrected chi connectivity index (χ4v) is 4.47. The summed E-state index contributed by atoms with van der Waals surface area (Å²) in [4.78, 5) is 24.2. The molecule has 1 amide bonds. The molecule has 1 saturated heterocycles. The van der Waals surface area contributed by atoms with E-state index in [2.05, 4.69) is 5.32 Å². The maximum Gasteiger partial charge on any atom is 0.375 e. The lowest BCUT2D eigenvalue weighted by Crippen LogP contribution is -2.42. The van der Waals surface area contributed by atoms with Gasteiger partial charge in [0, 0.05) is 16.5 Å². The van der Waals surface area contributed by atoms with E-state index in [1.54, 1.807) is 18.2 Å². The normalized spacial score (nSPS) is 20.3. The molecule has 7 nitrogen and oxygen atoms in total. The van der Waals surface area contributed by atoms with Crippen LogP contribution < -0.4 is 5.32 Å². The van der Waals surface area contributed by atoms with Gasteiger partial charge in [-0.05, 0) is 37.6 Å². The van der Waals surface area contributed by atoms with Crippen LogP contribution >= 0.6 is 11.6 Å². The molecule has 134 valence electrons. The van der Waals surface area contributed by atoms with Crippen LogP contribution in [0, 0.1) is 0 Å². The number of carbonyl (C=O) groups is 2. The highest BCUT2D eigenvalue weighted by Crippen LogP contribution is 2.23. The second-order valence-electron chi connectivity index (χ2n) is 5.95. The number of amides is 1. The second-order valence-corrected chi connectivity index (χ2v) is 8.61. The zero-order valence-electron chi connectivity index (χ0n) is 13.3. The molecule has 0 bridgehead atoms. The molecule has 0 aliphatic carbocycles. The topological polar surface area (TPSA) is 103 Å². The third-order valence-electron chi connectivity index (χ3n) is 3.91. The van der Waals surface area contributed by atoms with Crippen molar-refractivity contribution < 1.29 is 27.2 Å². The van der Waals surface area contributed by atoms with Gasteiger partial charge in [-0.1, -0.05) is 11.6 Å². The summed E-state index contributed by atoms with van der Waals surface area (Å²) in [6.45, 7) is 1.41. The van der Waals surface area contributed by atoms with Gasteiger partial charge >= 0.3 is 5.97 Å². The van der Waals surface area contributed by atoms with Crippen LogP contribution in [0.3, 0.4) is 0 Å². The predicted octanol–water partition coefficient (Wildman–Crippen LogP) is 1.93. The summed E-state index contributed by atoms with van der Waals surface area (Å²) in [5.74, 6) is -1.42. The molecule has 0 spiro atoms.